The summed E-state index contributed by atoms with van der Waals surface area (Å²) in [5, 5.41) is 0. The molecule has 0 aliphatic carbocycles. The van der Waals surface area contributed by atoms with Crippen LogP contribution in [0.4, 0.5) is 4.39 Å². The van der Waals surface area contributed by atoms with E-state index < -0.39 is 0 Å². The number of nitrogens with zero attached hydrogens (tertiary/aromatic N) is 1. The molecule has 1 aromatic heterocycles. The standard InChI is InChI=1S/C14H19FN2OS/c1-2-3-8-18-9-4-7-17-13-6-5-11(15)10-12(13)16-14(17)19/h5-6,10H,2-4,7-9H2,1H3,(H,16,19). The molecule has 0 spiro atoms. The summed E-state index contributed by atoms with van der Waals surface area (Å²) in [7, 11) is 0. The SMILES string of the molecule is CCCCOCCCn1c(=S)[nH]c2cc(F)ccc21. The molecule has 5 heteroatoms. The Balaban J connectivity index is 1.97. The zero-order valence-corrected chi connectivity index (χ0v) is 11.9. The Morgan fingerprint density at radius 1 is 1.32 bits per heavy atom. The zero-order valence-electron chi connectivity index (χ0n) is 11.1. The first-order valence-electron chi connectivity index (χ1n) is 6.68. The van der Waals surface area contributed by atoms with Crippen molar-refractivity contribution in [2.24, 2.45) is 0 Å². The van der Waals surface area contributed by atoms with Crippen molar-refractivity contribution in [1.29, 1.82) is 0 Å². The molecule has 104 valence electrons. The van der Waals surface area contributed by atoms with Gasteiger partial charge in [0.05, 0.1) is 11.0 Å². The van der Waals surface area contributed by atoms with Crippen molar-refractivity contribution in [3.05, 3.63) is 28.8 Å². The molecule has 1 heterocycles. The van der Waals surface area contributed by atoms with Gasteiger partial charge < -0.3 is 14.3 Å². The van der Waals surface area contributed by atoms with Gasteiger partial charge in [0, 0.05) is 19.8 Å². The highest BCUT2D eigenvalue weighted by Gasteiger charge is 2.04. The highest BCUT2D eigenvalue weighted by atomic mass is 32.1. The Morgan fingerprint density at radius 2 is 2.11 bits per heavy atom. The van der Waals surface area contributed by atoms with Crippen LogP contribution < -0.4 is 0 Å². The molecule has 3 nitrogen and oxygen atoms in total. The van der Waals surface area contributed by atoms with Crippen molar-refractivity contribution in [3.8, 4) is 0 Å². The molecule has 0 atom stereocenters. The number of aryl methyl sites for hydroxylation is 1. The van der Waals surface area contributed by atoms with Gasteiger partial charge in [-0.05, 0) is 43.3 Å². The fourth-order valence-electron chi connectivity index (χ4n) is 2.03. The number of hydrogen-bond acceptors (Lipinski definition) is 2. The van der Waals surface area contributed by atoms with Crippen molar-refractivity contribution in [3.63, 3.8) is 0 Å². The number of fused-ring (bicyclic) bond motifs is 1. The van der Waals surface area contributed by atoms with E-state index in [9.17, 15) is 4.39 Å². The van der Waals surface area contributed by atoms with E-state index in [0.29, 0.717) is 4.77 Å². The van der Waals surface area contributed by atoms with E-state index in [4.69, 9.17) is 17.0 Å². The summed E-state index contributed by atoms with van der Waals surface area (Å²) in [5.74, 6) is -0.251. The maximum atomic E-state index is 13.1. The van der Waals surface area contributed by atoms with Gasteiger partial charge in [-0.15, -0.1) is 0 Å². The lowest BCUT2D eigenvalue weighted by Crippen LogP contribution is -2.03. The summed E-state index contributed by atoms with van der Waals surface area (Å²) in [6.07, 6.45) is 3.16. The highest BCUT2D eigenvalue weighted by molar-refractivity contribution is 7.71. The van der Waals surface area contributed by atoms with Crippen molar-refractivity contribution >= 4 is 23.3 Å². The van der Waals surface area contributed by atoms with Gasteiger partial charge in [-0.2, -0.15) is 0 Å². The fraction of sp³-hybridized carbons (Fsp3) is 0.500. The molecule has 0 saturated carbocycles. The molecule has 0 aliphatic heterocycles. The molecular weight excluding hydrogens is 263 g/mol. The summed E-state index contributed by atoms with van der Waals surface area (Å²) < 4.78 is 21.3. The topological polar surface area (TPSA) is 29.9 Å². The van der Waals surface area contributed by atoms with E-state index in [2.05, 4.69) is 11.9 Å². The lowest BCUT2D eigenvalue weighted by molar-refractivity contribution is 0.126. The van der Waals surface area contributed by atoms with Crippen LogP contribution in [-0.4, -0.2) is 22.8 Å². The summed E-state index contributed by atoms with van der Waals surface area (Å²) >= 11 is 5.26. The molecule has 19 heavy (non-hydrogen) atoms. The Labute approximate surface area is 117 Å². The third-order valence-electron chi connectivity index (χ3n) is 3.05. The lowest BCUT2D eigenvalue weighted by Gasteiger charge is -2.05. The van der Waals surface area contributed by atoms with E-state index in [-0.39, 0.29) is 5.82 Å². The second-order valence-electron chi connectivity index (χ2n) is 4.56. The van der Waals surface area contributed by atoms with Crippen LogP contribution >= 0.6 is 12.2 Å². The van der Waals surface area contributed by atoms with E-state index in [1.54, 1.807) is 6.07 Å². The molecule has 0 fully saturated rings. The van der Waals surface area contributed by atoms with Gasteiger partial charge in [0.25, 0.3) is 0 Å². The molecule has 0 unspecified atom stereocenters. The maximum absolute atomic E-state index is 13.1. The predicted molar refractivity (Wildman–Crippen MR) is 77.4 cm³/mol. The van der Waals surface area contributed by atoms with Gasteiger partial charge in [-0.3, -0.25) is 0 Å². The minimum Gasteiger partial charge on any atom is -0.381 e. The van der Waals surface area contributed by atoms with E-state index in [1.165, 1.54) is 12.1 Å². The Bertz CT molecular complexity index is 591. The quantitative estimate of drug-likeness (QED) is 0.613. The molecule has 0 saturated heterocycles. The Hall–Kier alpha value is -1.20. The highest BCUT2D eigenvalue weighted by Crippen LogP contribution is 2.15. The molecule has 1 aromatic carbocycles. The molecule has 0 bridgehead atoms. The second kappa shape index (κ2) is 6.82. The number of H-pyrrole nitrogens is 1. The molecule has 0 amide bonds. The third kappa shape index (κ3) is 3.64. The van der Waals surface area contributed by atoms with Gasteiger partial charge >= 0.3 is 0 Å². The summed E-state index contributed by atoms with van der Waals surface area (Å²) in [6.45, 7) is 4.49. The monoisotopic (exact) mass is 282 g/mol. The third-order valence-corrected chi connectivity index (χ3v) is 3.37. The average molecular weight is 282 g/mol. The Morgan fingerprint density at radius 3 is 2.89 bits per heavy atom. The van der Waals surface area contributed by atoms with Gasteiger partial charge in [0.1, 0.15) is 5.82 Å². The summed E-state index contributed by atoms with van der Waals surface area (Å²) in [6, 6.07) is 4.69. The number of ether oxygens (including phenoxy) is 1. The largest absolute Gasteiger partial charge is 0.381 e. The molecular formula is C14H19FN2OS. The minimum atomic E-state index is -0.251. The lowest BCUT2D eigenvalue weighted by atomic mass is 10.3. The molecule has 2 aromatic rings. The number of rotatable bonds is 7. The predicted octanol–water partition coefficient (Wildman–Crippen LogP) is 4.04. The van der Waals surface area contributed by atoms with Crippen molar-refractivity contribution in [1.82, 2.24) is 9.55 Å². The van der Waals surface area contributed by atoms with Gasteiger partial charge in [-0.25, -0.2) is 4.39 Å². The molecule has 0 aliphatic rings. The second-order valence-corrected chi connectivity index (χ2v) is 4.95. The van der Waals surface area contributed by atoms with E-state index in [0.717, 1.165) is 50.1 Å². The van der Waals surface area contributed by atoms with Crippen LogP contribution in [0.15, 0.2) is 18.2 Å². The zero-order chi connectivity index (χ0) is 13.7. The van der Waals surface area contributed by atoms with Gasteiger partial charge in [0.15, 0.2) is 4.77 Å². The number of unbranched alkanes of at least 4 members (excludes halogenated alkanes) is 1. The van der Waals surface area contributed by atoms with Gasteiger partial charge in [0.2, 0.25) is 0 Å². The number of hydrogen-bond donors (Lipinski definition) is 1. The first kappa shape index (κ1) is 14.2. The average Bonchev–Trinajstić information content (AvgIpc) is 2.69. The Kier molecular flexibility index (Phi) is 5.10. The first-order chi connectivity index (χ1) is 9.22. The van der Waals surface area contributed by atoms with Crippen LogP contribution in [0.5, 0.6) is 0 Å². The number of aromatic nitrogens is 2. The van der Waals surface area contributed by atoms with Crippen LogP contribution in [0.1, 0.15) is 26.2 Å². The van der Waals surface area contributed by atoms with E-state index in [1.807, 2.05) is 4.57 Å². The van der Waals surface area contributed by atoms with Crippen LogP contribution in [0.2, 0.25) is 0 Å². The minimum absolute atomic E-state index is 0.251. The van der Waals surface area contributed by atoms with Crippen LogP contribution in [0.3, 0.4) is 0 Å². The van der Waals surface area contributed by atoms with Gasteiger partial charge in [-0.1, -0.05) is 13.3 Å². The first-order valence-corrected chi connectivity index (χ1v) is 7.09. The molecule has 1 N–H and O–H groups in total. The summed E-state index contributed by atoms with van der Waals surface area (Å²) in [5.41, 5.74) is 1.69. The van der Waals surface area contributed by atoms with Crippen LogP contribution in [0.25, 0.3) is 11.0 Å². The smallest absolute Gasteiger partial charge is 0.178 e. The number of benzene rings is 1. The number of nitrogens with one attached hydrogen (secondary N) is 1. The van der Waals surface area contributed by atoms with Crippen molar-refractivity contribution < 1.29 is 9.13 Å². The maximum Gasteiger partial charge on any atom is 0.178 e. The summed E-state index contributed by atoms with van der Waals surface area (Å²) in [4.78, 5) is 3.03. The molecule has 2 rings (SSSR count). The van der Waals surface area contributed by atoms with Crippen LogP contribution in [-0.2, 0) is 11.3 Å². The number of imidazole rings is 1. The molecule has 0 radical (unpaired) electrons. The van der Waals surface area contributed by atoms with Crippen molar-refractivity contribution in [2.45, 2.75) is 32.7 Å². The number of aromatic amines is 1. The normalized spacial score (nSPS) is 11.3. The number of halogens is 1. The van der Waals surface area contributed by atoms with E-state index >= 15 is 0 Å². The van der Waals surface area contributed by atoms with Crippen molar-refractivity contribution in [2.75, 3.05) is 13.2 Å². The fourth-order valence-corrected chi connectivity index (χ4v) is 2.33. The van der Waals surface area contributed by atoms with Crippen LogP contribution in [0, 0.1) is 10.6 Å².